The van der Waals surface area contributed by atoms with Crippen molar-refractivity contribution in [1.82, 2.24) is 9.21 Å². The highest BCUT2D eigenvalue weighted by Gasteiger charge is 2.33. The third kappa shape index (κ3) is 4.36. The first kappa shape index (κ1) is 22.7. The van der Waals surface area contributed by atoms with Crippen molar-refractivity contribution in [3.8, 4) is 5.75 Å². The predicted molar refractivity (Wildman–Crippen MR) is 120 cm³/mol. The van der Waals surface area contributed by atoms with Crippen molar-refractivity contribution < 1.29 is 17.9 Å². The van der Waals surface area contributed by atoms with Crippen LogP contribution in [0, 0.1) is 20.8 Å². The fourth-order valence-electron chi connectivity index (χ4n) is 3.98. The molecule has 3 rings (SSSR count). The van der Waals surface area contributed by atoms with E-state index >= 15 is 0 Å². The number of benzene rings is 2. The summed E-state index contributed by atoms with van der Waals surface area (Å²) in [4.78, 5) is 16.1. The quantitative estimate of drug-likeness (QED) is 0.655. The largest absolute Gasteiger partial charge is 0.496 e. The summed E-state index contributed by atoms with van der Waals surface area (Å²) in [5, 5.41) is 0. The Morgan fingerprint density at radius 1 is 1.00 bits per heavy atom. The Labute approximate surface area is 183 Å². The first-order chi connectivity index (χ1) is 14.2. The second-order valence-electron chi connectivity index (χ2n) is 7.49. The van der Waals surface area contributed by atoms with Crippen LogP contribution >= 0.6 is 11.8 Å². The van der Waals surface area contributed by atoms with E-state index < -0.39 is 10.0 Å². The van der Waals surface area contributed by atoms with Gasteiger partial charge in [-0.25, -0.2) is 8.42 Å². The Morgan fingerprint density at radius 3 is 2.13 bits per heavy atom. The molecule has 8 heteroatoms. The number of hydrogen-bond acceptors (Lipinski definition) is 5. The molecule has 0 saturated carbocycles. The highest BCUT2D eigenvalue weighted by atomic mass is 32.2. The lowest BCUT2D eigenvalue weighted by Gasteiger charge is -2.34. The Morgan fingerprint density at radius 2 is 1.60 bits per heavy atom. The van der Waals surface area contributed by atoms with Gasteiger partial charge in [0, 0.05) is 31.1 Å². The molecule has 0 radical (unpaired) electrons. The van der Waals surface area contributed by atoms with E-state index in [-0.39, 0.29) is 19.0 Å². The molecule has 1 heterocycles. The average Bonchev–Trinajstić information content (AvgIpc) is 2.71. The Hall–Kier alpha value is -2.03. The van der Waals surface area contributed by atoms with Gasteiger partial charge in [0.2, 0.25) is 10.0 Å². The van der Waals surface area contributed by atoms with E-state index in [0.29, 0.717) is 29.3 Å². The minimum atomic E-state index is -3.61. The molecule has 2 aromatic carbocycles. The van der Waals surface area contributed by atoms with Gasteiger partial charge in [0.25, 0.3) is 5.91 Å². The van der Waals surface area contributed by atoms with Crippen molar-refractivity contribution >= 4 is 27.7 Å². The van der Waals surface area contributed by atoms with Crippen LogP contribution in [0.5, 0.6) is 5.75 Å². The SMILES string of the molecule is COc1cc(SC)ccc1C(=O)N1CCN(S(=O)(=O)c2c(C)cc(C)cc2C)CC1. The topological polar surface area (TPSA) is 66.9 Å². The van der Waals surface area contributed by atoms with Crippen molar-refractivity contribution in [3.63, 3.8) is 0 Å². The summed E-state index contributed by atoms with van der Waals surface area (Å²) in [7, 11) is -2.06. The smallest absolute Gasteiger partial charge is 0.257 e. The lowest BCUT2D eigenvalue weighted by atomic mass is 10.1. The van der Waals surface area contributed by atoms with Crippen molar-refractivity contribution in [2.24, 2.45) is 0 Å². The fourth-order valence-corrected chi connectivity index (χ4v) is 6.24. The zero-order valence-corrected chi connectivity index (χ0v) is 19.7. The van der Waals surface area contributed by atoms with Gasteiger partial charge in [-0.1, -0.05) is 17.7 Å². The molecular formula is C22H28N2O4S2. The van der Waals surface area contributed by atoms with Gasteiger partial charge >= 0.3 is 0 Å². The highest BCUT2D eigenvalue weighted by molar-refractivity contribution is 7.98. The molecule has 1 aliphatic rings. The van der Waals surface area contributed by atoms with Gasteiger partial charge in [0.15, 0.2) is 0 Å². The summed E-state index contributed by atoms with van der Waals surface area (Å²) in [6.07, 6.45) is 1.97. The van der Waals surface area contributed by atoms with E-state index in [2.05, 4.69) is 0 Å². The molecule has 162 valence electrons. The Kier molecular flexibility index (Phi) is 6.79. The molecule has 1 aliphatic heterocycles. The molecular weight excluding hydrogens is 420 g/mol. The number of carbonyl (C=O) groups excluding carboxylic acids is 1. The molecule has 1 saturated heterocycles. The molecule has 0 atom stereocenters. The van der Waals surface area contributed by atoms with E-state index in [1.54, 1.807) is 29.8 Å². The van der Waals surface area contributed by atoms with Crippen LogP contribution in [0.15, 0.2) is 40.1 Å². The number of thioether (sulfide) groups is 1. The molecule has 30 heavy (non-hydrogen) atoms. The van der Waals surface area contributed by atoms with E-state index in [4.69, 9.17) is 4.74 Å². The lowest BCUT2D eigenvalue weighted by molar-refractivity contribution is 0.0694. The maximum absolute atomic E-state index is 13.3. The first-order valence-electron chi connectivity index (χ1n) is 9.78. The second-order valence-corrected chi connectivity index (χ2v) is 10.2. The Bertz CT molecular complexity index is 1040. The maximum Gasteiger partial charge on any atom is 0.257 e. The normalized spacial score (nSPS) is 15.3. The van der Waals surface area contributed by atoms with Crippen LogP contribution in [0.3, 0.4) is 0 Å². The maximum atomic E-state index is 13.3. The van der Waals surface area contributed by atoms with Crippen LogP contribution in [0.2, 0.25) is 0 Å². The number of piperazine rings is 1. The summed E-state index contributed by atoms with van der Waals surface area (Å²) >= 11 is 1.58. The summed E-state index contributed by atoms with van der Waals surface area (Å²) < 4.78 is 33.4. The van der Waals surface area contributed by atoms with Crippen LogP contribution < -0.4 is 4.74 Å². The first-order valence-corrected chi connectivity index (χ1v) is 12.4. The average molecular weight is 449 g/mol. The number of methoxy groups -OCH3 is 1. The van der Waals surface area contributed by atoms with Crippen molar-refractivity contribution in [1.29, 1.82) is 0 Å². The minimum Gasteiger partial charge on any atom is -0.496 e. The molecule has 0 bridgehead atoms. The third-order valence-corrected chi connectivity index (χ3v) is 8.30. The molecule has 0 aliphatic carbocycles. The van der Waals surface area contributed by atoms with Gasteiger partial charge in [-0.15, -0.1) is 11.8 Å². The third-order valence-electron chi connectivity index (χ3n) is 5.37. The standard InChI is InChI=1S/C22H28N2O4S2/c1-15-12-16(2)21(17(3)13-15)30(26,27)24-10-8-23(9-11-24)22(25)19-7-6-18(29-5)14-20(19)28-4/h6-7,12-14H,8-11H2,1-5H3. The monoisotopic (exact) mass is 448 g/mol. The molecule has 0 aromatic heterocycles. The van der Waals surface area contributed by atoms with E-state index in [9.17, 15) is 13.2 Å². The highest BCUT2D eigenvalue weighted by Crippen LogP contribution is 2.28. The Balaban J connectivity index is 1.77. The zero-order valence-electron chi connectivity index (χ0n) is 18.1. The number of hydrogen-bond donors (Lipinski definition) is 0. The number of nitrogens with zero attached hydrogens (tertiary/aromatic N) is 2. The van der Waals surface area contributed by atoms with Crippen LogP contribution in [0.4, 0.5) is 0 Å². The molecule has 0 unspecified atom stereocenters. The lowest BCUT2D eigenvalue weighted by Crippen LogP contribution is -2.50. The second kappa shape index (κ2) is 8.99. The molecule has 1 fully saturated rings. The van der Waals surface area contributed by atoms with Gasteiger partial charge in [-0.05, 0) is 56.4 Å². The van der Waals surface area contributed by atoms with Crippen molar-refractivity contribution in [2.75, 3.05) is 39.5 Å². The number of carbonyl (C=O) groups is 1. The van der Waals surface area contributed by atoms with E-state index in [1.807, 2.05) is 51.3 Å². The summed E-state index contributed by atoms with van der Waals surface area (Å²) in [5.74, 6) is 0.395. The summed E-state index contributed by atoms with van der Waals surface area (Å²) in [5.41, 5.74) is 3.05. The molecule has 1 amide bonds. The summed E-state index contributed by atoms with van der Waals surface area (Å²) in [6.45, 7) is 6.85. The van der Waals surface area contributed by atoms with E-state index in [0.717, 1.165) is 21.6 Å². The van der Waals surface area contributed by atoms with E-state index in [1.165, 1.54) is 4.31 Å². The molecule has 2 aromatic rings. The molecule has 6 nitrogen and oxygen atoms in total. The number of aryl methyl sites for hydroxylation is 3. The fraction of sp³-hybridized carbons (Fsp3) is 0.409. The van der Waals surface area contributed by atoms with Crippen molar-refractivity contribution in [3.05, 3.63) is 52.6 Å². The number of amides is 1. The van der Waals surface area contributed by atoms with Crippen LogP contribution in [-0.2, 0) is 10.0 Å². The van der Waals surface area contributed by atoms with Gasteiger partial charge in [0.05, 0.1) is 17.6 Å². The summed E-state index contributed by atoms with van der Waals surface area (Å²) in [6, 6.07) is 9.30. The number of rotatable bonds is 5. The van der Waals surface area contributed by atoms with Gasteiger partial charge in [-0.2, -0.15) is 4.31 Å². The molecule has 0 N–H and O–H groups in total. The number of sulfonamides is 1. The van der Waals surface area contributed by atoms with Crippen molar-refractivity contribution in [2.45, 2.75) is 30.6 Å². The van der Waals surface area contributed by atoms with Crippen LogP contribution in [0.25, 0.3) is 0 Å². The van der Waals surface area contributed by atoms with Gasteiger partial charge < -0.3 is 9.64 Å². The van der Waals surface area contributed by atoms with Crippen LogP contribution in [0.1, 0.15) is 27.0 Å². The van der Waals surface area contributed by atoms with Crippen LogP contribution in [-0.4, -0.2) is 63.1 Å². The minimum absolute atomic E-state index is 0.140. The van der Waals surface area contributed by atoms with Gasteiger partial charge in [-0.3, -0.25) is 4.79 Å². The predicted octanol–water partition coefficient (Wildman–Crippen LogP) is 3.49. The number of ether oxygens (including phenoxy) is 1. The molecule has 0 spiro atoms. The zero-order chi connectivity index (χ0) is 22.1. The van der Waals surface area contributed by atoms with Gasteiger partial charge in [0.1, 0.15) is 5.75 Å².